The number of anilines is 1. The molecule has 0 aliphatic carbocycles. The number of carbonyl (C=O) groups is 2. The Morgan fingerprint density at radius 1 is 1.37 bits per heavy atom. The Balaban J connectivity index is 1.38. The van der Waals surface area contributed by atoms with Gasteiger partial charge in [-0.25, -0.2) is 0 Å². The Hall–Kier alpha value is -2.93. The number of aromatic nitrogens is 1. The molecule has 2 saturated heterocycles. The lowest BCUT2D eigenvalue weighted by Crippen LogP contribution is -2.44. The van der Waals surface area contributed by atoms with Crippen LogP contribution in [0, 0.1) is 18.8 Å². The number of nitrogens with zero attached hydrogens (tertiary/aromatic N) is 2. The van der Waals surface area contributed by atoms with E-state index in [1.807, 2.05) is 42.5 Å². The molecule has 2 fully saturated rings. The molecule has 138 valence electrons. The number of fused-ring (bicyclic) bond motifs is 1. The zero-order valence-corrected chi connectivity index (χ0v) is 14.8. The van der Waals surface area contributed by atoms with Crippen LogP contribution in [0.15, 0.2) is 53.1 Å². The van der Waals surface area contributed by atoms with E-state index in [0.717, 1.165) is 5.56 Å². The topological polar surface area (TPSA) is 84.7 Å². The fourth-order valence-electron chi connectivity index (χ4n) is 4.37. The SMILES string of the molecule is Cc1cc(N2C[C@]34C=C[C@@H](O3)[C@@H](C(=O)NCc3ccccc3)[C@H]4C2=O)no1. The van der Waals surface area contributed by atoms with Gasteiger partial charge in [0.2, 0.25) is 11.8 Å². The highest BCUT2D eigenvalue weighted by atomic mass is 16.5. The van der Waals surface area contributed by atoms with Crippen LogP contribution in [0.25, 0.3) is 0 Å². The smallest absolute Gasteiger partial charge is 0.235 e. The van der Waals surface area contributed by atoms with Crippen LogP contribution in [0.4, 0.5) is 5.82 Å². The van der Waals surface area contributed by atoms with Gasteiger partial charge in [0.05, 0.1) is 24.5 Å². The van der Waals surface area contributed by atoms with Crippen molar-refractivity contribution in [1.29, 1.82) is 0 Å². The zero-order chi connectivity index (χ0) is 18.6. The van der Waals surface area contributed by atoms with Crippen molar-refractivity contribution in [3.05, 3.63) is 59.9 Å². The fraction of sp³-hybridized carbons (Fsp3) is 0.350. The van der Waals surface area contributed by atoms with Crippen molar-refractivity contribution in [3.63, 3.8) is 0 Å². The van der Waals surface area contributed by atoms with E-state index in [-0.39, 0.29) is 17.9 Å². The molecular formula is C20H19N3O4. The predicted molar refractivity (Wildman–Crippen MR) is 95.6 cm³/mol. The van der Waals surface area contributed by atoms with Crippen molar-refractivity contribution >= 4 is 17.6 Å². The lowest BCUT2D eigenvalue weighted by atomic mass is 9.77. The number of nitrogens with one attached hydrogen (secondary N) is 1. The molecule has 3 aliphatic heterocycles. The van der Waals surface area contributed by atoms with Crippen LogP contribution in [0.2, 0.25) is 0 Å². The maximum absolute atomic E-state index is 13.1. The molecule has 0 unspecified atom stereocenters. The Kier molecular flexibility index (Phi) is 3.48. The molecule has 2 amide bonds. The summed E-state index contributed by atoms with van der Waals surface area (Å²) in [6, 6.07) is 11.4. The lowest BCUT2D eigenvalue weighted by Gasteiger charge is -2.23. The maximum atomic E-state index is 13.1. The molecule has 2 aromatic rings. The van der Waals surface area contributed by atoms with E-state index in [4.69, 9.17) is 9.26 Å². The minimum Gasteiger partial charge on any atom is -0.360 e. The second kappa shape index (κ2) is 5.79. The van der Waals surface area contributed by atoms with Gasteiger partial charge in [-0.15, -0.1) is 0 Å². The highest BCUT2D eigenvalue weighted by Gasteiger charge is 2.67. The van der Waals surface area contributed by atoms with Crippen molar-refractivity contribution in [3.8, 4) is 0 Å². The zero-order valence-electron chi connectivity index (χ0n) is 14.8. The number of rotatable bonds is 4. The minimum absolute atomic E-state index is 0.144. The van der Waals surface area contributed by atoms with E-state index >= 15 is 0 Å². The number of hydrogen-bond donors (Lipinski definition) is 1. The molecular weight excluding hydrogens is 346 g/mol. The van der Waals surface area contributed by atoms with E-state index in [1.54, 1.807) is 17.9 Å². The Bertz CT molecular complexity index is 938. The van der Waals surface area contributed by atoms with Crippen LogP contribution >= 0.6 is 0 Å². The van der Waals surface area contributed by atoms with Crippen LogP contribution in [0.3, 0.4) is 0 Å². The molecule has 4 heterocycles. The fourth-order valence-corrected chi connectivity index (χ4v) is 4.37. The molecule has 4 atom stereocenters. The lowest BCUT2D eigenvalue weighted by molar-refractivity contribution is -0.132. The van der Waals surface area contributed by atoms with Gasteiger partial charge in [-0.1, -0.05) is 47.6 Å². The summed E-state index contributed by atoms with van der Waals surface area (Å²) in [5, 5.41) is 6.91. The first-order valence-corrected chi connectivity index (χ1v) is 9.01. The molecule has 0 saturated carbocycles. The summed E-state index contributed by atoms with van der Waals surface area (Å²) in [7, 11) is 0. The van der Waals surface area contributed by atoms with Gasteiger partial charge in [-0.2, -0.15) is 0 Å². The van der Waals surface area contributed by atoms with E-state index in [9.17, 15) is 9.59 Å². The molecule has 1 N–H and O–H groups in total. The molecule has 1 aromatic heterocycles. The average Bonchev–Trinajstić information content (AvgIpc) is 3.42. The Labute approximate surface area is 156 Å². The van der Waals surface area contributed by atoms with E-state index < -0.39 is 17.4 Å². The monoisotopic (exact) mass is 365 g/mol. The summed E-state index contributed by atoms with van der Waals surface area (Å²) < 4.78 is 11.2. The van der Waals surface area contributed by atoms with Crippen molar-refractivity contribution in [2.45, 2.75) is 25.2 Å². The normalized spacial score (nSPS) is 30.8. The van der Waals surface area contributed by atoms with Gasteiger partial charge in [0.15, 0.2) is 5.82 Å². The highest BCUT2D eigenvalue weighted by Crippen LogP contribution is 2.52. The van der Waals surface area contributed by atoms with Crippen molar-refractivity contribution in [2.75, 3.05) is 11.4 Å². The quantitative estimate of drug-likeness (QED) is 0.832. The number of hydrogen-bond acceptors (Lipinski definition) is 5. The van der Waals surface area contributed by atoms with Gasteiger partial charge in [-0.05, 0) is 12.5 Å². The van der Waals surface area contributed by atoms with Crippen LogP contribution in [-0.2, 0) is 20.9 Å². The van der Waals surface area contributed by atoms with Crippen LogP contribution in [-0.4, -0.2) is 35.2 Å². The third-order valence-electron chi connectivity index (χ3n) is 5.60. The van der Waals surface area contributed by atoms with Crippen LogP contribution in [0.5, 0.6) is 0 Å². The van der Waals surface area contributed by atoms with Crippen molar-refractivity contribution in [1.82, 2.24) is 10.5 Å². The molecule has 7 heteroatoms. The van der Waals surface area contributed by atoms with Crippen LogP contribution in [0.1, 0.15) is 11.3 Å². The molecule has 27 heavy (non-hydrogen) atoms. The van der Waals surface area contributed by atoms with Crippen molar-refractivity contribution in [2.24, 2.45) is 11.8 Å². The molecule has 3 aliphatic rings. The number of ether oxygens (including phenoxy) is 1. The summed E-state index contributed by atoms with van der Waals surface area (Å²) in [5.74, 6) is -0.290. The third-order valence-corrected chi connectivity index (χ3v) is 5.60. The Morgan fingerprint density at radius 3 is 2.93 bits per heavy atom. The summed E-state index contributed by atoms with van der Waals surface area (Å²) in [6.07, 6.45) is 3.46. The first-order valence-electron chi connectivity index (χ1n) is 9.01. The van der Waals surface area contributed by atoms with Gasteiger partial charge in [0.25, 0.3) is 0 Å². The predicted octanol–water partition coefficient (Wildman–Crippen LogP) is 1.59. The molecule has 2 bridgehead atoms. The van der Waals surface area contributed by atoms with Gasteiger partial charge in [0, 0.05) is 12.6 Å². The summed E-state index contributed by atoms with van der Waals surface area (Å²) >= 11 is 0. The Morgan fingerprint density at radius 2 is 2.19 bits per heavy atom. The largest absolute Gasteiger partial charge is 0.360 e. The van der Waals surface area contributed by atoms with Gasteiger partial charge < -0.3 is 14.6 Å². The highest BCUT2D eigenvalue weighted by molar-refractivity contribution is 6.02. The van der Waals surface area contributed by atoms with Gasteiger partial charge in [0.1, 0.15) is 11.4 Å². The number of benzene rings is 1. The number of amides is 2. The van der Waals surface area contributed by atoms with Crippen molar-refractivity contribution < 1.29 is 18.8 Å². The maximum Gasteiger partial charge on any atom is 0.235 e. The average molecular weight is 365 g/mol. The summed E-state index contributed by atoms with van der Waals surface area (Å²) in [4.78, 5) is 27.6. The molecule has 7 nitrogen and oxygen atoms in total. The second-order valence-corrected chi connectivity index (χ2v) is 7.32. The van der Waals surface area contributed by atoms with E-state index in [1.165, 1.54) is 0 Å². The van der Waals surface area contributed by atoms with Crippen LogP contribution < -0.4 is 10.2 Å². The van der Waals surface area contributed by atoms with Gasteiger partial charge >= 0.3 is 0 Å². The summed E-state index contributed by atoms with van der Waals surface area (Å²) in [6.45, 7) is 2.54. The minimum atomic E-state index is -0.761. The first kappa shape index (κ1) is 16.3. The van der Waals surface area contributed by atoms with E-state index in [0.29, 0.717) is 24.7 Å². The molecule has 5 rings (SSSR count). The number of aryl methyl sites for hydroxylation is 1. The number of carbonyl (C=O) groups excluding carboxylic acids is 2. The second-order valence-electron chi connectivity index (χ2n) is 7.32. The molecule has 1 aromatic carbocycles. The standard InChI is InChI=1S/C20H19N3O4/c1-12-9-15(22-27-12)23-11-20-8-7-14(26-20)16(17(20)19(23)25)18(24)21-10-13-5-3-2-4-6-13/h2-9,14,16-17H,10-11H2,1H3,(H,21,24)/t14-,16-,17+,20+/m1/s1. The summed E-state index contributed by atoms with van der Waals surface area (Å²) in [5.41, 5.74) is 0.251. The third kappa shape index (κ3) is 2.42. The molecule has 0 radical (unpaired) electrons. The van der Waals surface area contributed by atoms with E-state index in [2.05, 4.69) is 10.5 Å². The first-order chi connectivity index (χ1) is 13.1. The van der Waals surface area contributed by atoms with Gasteiger partial charge in [-0.3, -0.25) is 14.5 Å². The molecule has 1 spiro atoms.